The minimum Gasteiger partial charge on any atom is -0.481 e. The van der Waals surface area contributed by atoms with E-state index in [1.165, 1.54) is 0 Å². The zero-order chi connectivity index (χ0) is 22.9. The first-order valence-corrected chi connectivity index (χ1v) is 11.6. The van der Waals surface area contributed by atoms with Crippen LogP contribution in [0.4, 0.5) is 0 Å². The van der Waals surface area contributed by atoms with Crippen molar-refractivity contribution in [2.45, 2.75) is 83.0 Å². The maximum Gasteiger partial charge on any atom is 0.309 e. The number of unbranched alkanes of at least 4 members (excludes halogenated alkanes) is 1. The van der Waals surface area contributed by atoms with E-state index in [2.05, 4.69) is 0 Å². The number of carbonyl (C=O) groups is 4. The monoisotopic (exact) mass is 438 g/mol. The summed E-state index contributed by atoms with van der Waals surface area (Å²) in [4.78, 5) is 51.7. The highest BCUT2D eigenvalue weighted by molar-refractivity contribution is 6.24. The van der Waals surface area contributed by atoms with E-state index in [1.54, 1.807) is 0 Å². The van der Waals surface area contributed by atoms with Crippen molar-refractivity contribution in [1.82, 2.24) is 0 Å². The Kier molecular flexibility index (Phi) is 7.65. The summed E-state index contributed by atoms with van der Waals surface area (Å²) in [6.45, 7) is 1.94. The molecular formula is C23H34O8. The van der Waals surface area contributed by atoms with E-state index >= 15 is 0 Å². The highest BCUT2D eigenvalue weighted by Gasteiger charge is 2.58. The van der Waals surface area contributed by atoms with Crippen LogP contribution >= 0.6 is 0 Å². The molecule has 0 bridgehead atoms. The van der Waals surface area contributed by atoms with Gasteiger partial charge in [0.1, 0.15) is 6.10 Å². The fourth-order valence-corrected chi connectivity index (χ4v) is 5.94. The van der Waals surface area contributed by atoms with Crippen molar-refractivity contribution in [3.8, 4) is 0 Å². The van der Waals surface area contributed by atoms with E-state index in [1.807, 2.05) is 6.92 Å². The van der Waals surface area contributed by atoms with Gasteiger partial charge in [-0.2, -0.15) is 0 Å². The number of carboxylic acids is 1. The molecule has 3 fully saturated rings. The Balaban J connectivity index is 1.97. The fourth-order valence-electron chi connectivity index (χ4n) is 5.94. The molecule has 3 aliphatic rings. The van der Waals surface area contributed by atoms with E-state index in [0.29, 0.717) is 12.8 Å². The van der Waals surface area contributed by atoms with E-state index in [0.717, 1.165) is 38.5 Å². The highest BCUT2D eigenvalue weighted by atomic mass is 16.4. The van der Waals surface area contributed by atoms with Gasteiger partial charge < -0.3 is 20.4 Å². The number of aliphatic carboxylic acids is 1. The van der Waals surface area contributed by atoms with Gasteiger partial charge in [-0.05, 0) is 31.6 Å². The van der Waals surface area contributed by atoms with Gasteiger partial charge in [-0.3, -0.25) is 19.2 Å². The molecule has 3 rings (SSSR count). The van der Waals surface area contributed by atoms with Gasteiger partial charge in [0.15, 0.2) is 17.3 Å². The maximum atomic E-state index is 13.5. The van der Waals surface area contributed by atoms with E-state index in [4.69, 9.17) is 0 Å². The van der Waals surface area contributed by atoms with Gasteiger partial charge >= 0.3 is 5.97 Å². The van der Waals surface area contributed by atoms with Crippen molar-refractivity contribution in [1.29, 1.82) is 0 Å². The van der Waals surface area contributed by atoms with E-state index in [-0.39, 0.29) is 18.1 Å². The molecule has 31 heavy (non-hydrogen) atoms. The summed E-state index contributed by atoms with van der Waals surface area (Å²) in [5.74, 6) is -8.64. The van der Waals surface area contributed by atoms with Crippen LogP contribution in [-0.2, 0) is 19.2 Å². The molecule has 8 atom stereocenters. The molecule has 0 saturated heterocycles. The predicted molar refractivity (Wildman–Crippen MR) is 109 cm³/mol. The molecule has 0 radical (unpaired) electrons. The van der Waals surface area contributed by atoms with Gasteiger partial charge in [-0.15, -0.1) is 0 Å². The zero-order valence-electron chi connectivity index (χ0n) is 18.0. The third-order valence-corrected chi connectivity index (χ3v) is 7.70. The van der Waals surface area contributed by atoms with Gasteiger partial charge in [0.05, 0.1) is 35.9 Å². The molecule has 8 unspecified atom stereocenters. The summed E-state index contributed by atoms with van der Waals surface area (Å²) in [6, 6.07) is 0. The Bertz CT molecular complexity index is 712. The summed E-state index contributed by atoms with van der Waals surface area (Å²) in [5, 5.41) is 40.4. The second kappa shape index (κ2) is 9.88. The third kappa shape index (κ3) is 4.47. The summed E-state index contributed by atoms with van der Waals surface area (Å²) in [6.07, 6.45) is 0.704. The van der Waals surface area contributed by atoms with Crippen LogP contribution in [0.5, 0.6) is 0 Å². The molecule has 0 amide bonds. The molecule has 0 aromatic heterocycles. The van der Waals surface area contributed by atoms with Crippen LogP contribution in [0.2, 0.25) is 0 Å². The number of ketones is 3. The molecule has 8 heteroatoms. The van der Waals surface area contributed by atoms with Gasteiger partial charge in [0, 0.05) is 5.92 Å². The van der Waals surface area contributed by atoms with Crippen LogP contribution in [0.3, 0.4) is 0 Å². The highest BCUT2D eigenvalue weighted by Crippen LogP contribution is 2.44. The quantitative estimate of drug-likeness (QED) is 0.451. The van der Waals surface area contributed by atoms with Gasteiger partial charge in [0.25, 0.3) is 0 Å². The number of carbonyl (C=O) groups excluding carboxylic acids is 3. The molecular weight excluding hydrogens is 404 g/mol. The lowest BCUT2D eigenvalue weighted by Gasteiger charge is -2.45. The van der Waals surface area contributed by atoms with Crippen LogP contribution < -0.4 is 0 Å². The zero-order valence-corrected chi connectivity index (χ0v) is 18.0. The number of hydrogen-bond acceptors (Lipinski definition) is 7. The van der Waals surface area contributed by atoms with Crippen molar-refractivity contribution in [2.75, 3.05) is 0 Å². The van der Waals surface area contributed by atoms with Crippen LogP contribution in [0, 0.1) is 35.5 Å². The minimum atomic E-state index is -1.78. The van der Waals surface area contributed by atoms with E-state index in [9.17, 15) is 39.6 Å². The van der Waals surface area contributed by atoms with Gasteiger partial charge in [0.2, 0.25) is 0 Å². The molecule has 0 aromatic rings. The third-order valence-electron chi connectivity index (χ3n) is 7.70. The number of hydrogen-bond donors (Lipinski definition) is 4. The lowest BCUT2D eigenvalue weighted by atomic mass is 9.58. The minimum absolute atomic E-state index is 0.139. The molecule has 3 saturated carbocycles. The average Bonchev–Trinajstić information content (AvgIpc) is 2.74. The Labute approximate surface area is 182 Å². The molecule has 8 nitrogen and oxygen atoms in total. The first-order chi connectivity index (χ1) is 14.7. The molecule has 0 spiro atoms. The summed E-state index contributed by atoms with van der Waals surface area (Å²) < 4.78 is 0. The number of carboxylic acid groups (broad SMARTS) is 1. The SMILES string of the molecule is CCCCC1C(=O)C(C2CCCCC2)C(=O)C(C2CC(C(=O)O)C(O)C(O)C2O)C1=O. The number of aliphatic hydroxyl groups is 3. The Morgan fingerprint density at radius 1 is 0.871 bits per heavy atom. The Morgan fingerprint density at radius 2 is 1.48 bits per heavy atom. The maximum absolute atomic E-state index is 13.5. The number of rotatable bonds is 6. The second-order valence-electron chi connectivity index (χ2n) is 9.57. The molecule has 0 aromatic carbocycles. The normalized spacial score (nSPS) is 40.2. The van der Waals surface area contributed by atoms with Crippen LogP contribution in [0.25, 0.3) is 0 Å². The summed E-state index contributed by atoms with van der Waals surface area (Å²) in [5.41, 5.74) is 0. The van der Waals surface area contributed by atoms with Crippen molar-refractivity contribution in [2.24, 2.45) is 35.5 Å². The standard InChI is InChI=1S/C23H34O8/c1-2-3-9-12-17(24)15(11-7-5-4-6-8-11)21(28)16(18(12)25)13-10-14(23(30)31)20(27)22(29)19(13)26/h11-16,19-20,22,26-27,29H,2-10H2,1H3,(H,30,31). The van der Waals surface area contributed by atoms with Crippen LogP contribution in [0.15, 0.2) is 0 Å². The average molecular weight is 439 g/mol. The largest absolute Gasteiger partial charge is 0.481 e. The van der Waals surface area contributed by atoms with Gasteiger partial charge in [-0.25, -0.2) is 0 Å². The lowest BCUT2D eigenvalue weighted by molar-refractivity contribution is -0.180. The van der Waals surface area contributed by atoms with E-state index < -0.39 is 65.4 Å². The molecule has 0 heterocycles. The predicted octanol–water partition coefficient (Wildman–Crippen LogP) is 1.13. The first kappa shape index (κ1) is 24.0. The molecule has 0 aliphatic heterocycles. The summed E-state index contributed by atoms with van der Waals surface area (Å²) >= 11 is 0. The second-order valence-corrected chi connectivity index (χ2v) is 9.57. The molecule has 4 N–H and O–H groups in total. The lowest BCUT2D eigenvalue weighted by Crippen LogP contribution is -2.60. The van der Waals surface area contributed by atoms with Crippen molar-refractivity contribution in [3.05, 3.63) is 0 Å². The van der Waals surface area contributed by atoms with Crippen LogP contribution in [0.1, 0.15) is 64.7 Å². The van der Waals surface area contributed by atoms with Crippen molar-refractivity contribution < 1.29 is 39.6 Å². The van der Waals surface area contributed by atoms with Crippen LogP contribution in [-0.4, -0.2) is 62.1 Å². The number of Topliss-reactive ketones (excluding diaryl/α,β-unsaturated/α-hetero) is 3. The Morgan fingerprint density at radius 3 is 2.06 bits per heavy atom. The molecule has 174 valence electrons. The smallest absolute Gasteiger partial charge is 0.309 e. The first-order valence-electron chi connectivity index (χ1n) is 11.6. The topological polar surface area (TPSA) is 149 Å². The van der Waals surface area contributed by atoms with Crippen molar-refractivity contribution in [3.63, 3.8) is 0 Å². The number of aliphatic hydroxyl groups excluding tert-OH is 3. The fraction of sp³-hybridized carbons (Fsp3) is 0.826. The van der Waals surface area contributed by atoms with Gasteiger partial charge in [-0.1, -0.05) is 39.0 Å². The summed E-state index contributed by atoms with van der Waals surface area (Å²) in [7, 11) is 0. The Hall–Kier alpha value is -1.64. The molecule has 3 aliphatic carbocycles. The van der Waals surface area contributed by atoms with Crippen molar-refractivity contribution >= 4 is 23.3 Å².